The predicted octanol–water partition coefficient (Wildman–Crippen LogP) is 4.97. The van der Waals surface area contributed by atoms with Crippen molar-refractivity contribution in [3.8, 4) is 0 Å². The fourth-order valence-electron chi connectivity index (χ4n) is 5.87. The van der Waals surface area contributed by atoms with Gasteiger partial charge in [0.15, 0.2) is 0 Å². The molecule has 6 nitrogen and oxygen atoms in total. The summed E-state index contributed by atoms with van der Waals surface area (Å²) in [5.41, 5.74) is 1.26. The van der Waals surface area contributed by atoms with Gasteiger partial charge in [-0.15, -0.1) is 0 Å². The third-order valence-electron chi connectivity index (χ3n) is 7.60. The first kappa shape index (κ1) is 25.6. The van der Waals surface area contributed by atoms with E-state index in [1.54, 1.807) is 20.8 Å². The highest BCUT2D eigenvalue weighted by Gasteiger charge is 2.69. The molecule has 0 aromatic heterocycles. The summed E-state index contributed by atoms with van der Waals surface area (Å²) in [7, 11) is 0. The van der Waals surface area contributed by atoms with E-state index in [-0.39, 0.29) is 12.3 Å². The Labute approximate surface area is 223 Å². The molecule has 2 saturated heterocycles. The Morgan fingerprint density at radius 2 is 1.42 bits per heavy atom. The molecule has 0 bridgehead atoms. The van der Waals surface area contributed by atoms with Gasteiger partial charge < -0.3 is 5.11 Å². The molecule has 2 aliphatic heterocycles. The lowest BCUT2D eigenvalue weighted by Gasteiger charge is -2.35. The lowest BCUT2D eigenvalue weighted by Crippen LogP contribution is -2.58. The van der Waals surface area contributed by atoms with Crippen LogP contribution in [0.25, 0.3) is 12.2 Å². The standard InChI is InChI=1S/C32H32N2O4/c1-31(2,3)34-28(35)25-26(29(34)36)32(30(37)38,20-23-12-8-5-9-13-23)33-27(25)24-18-16-22(17-19-24)15-14-21-10-6-4-7-11-21/h4-19,25-27,33H,20H2,1-3H3,(H,37,38)/b15-14+. The van der Waals surface area contributed by atoms with Crippen LogP contribution >= 0.6 is 0 Å². The summed E-state index contributed by atoms with van der Waals surface area (Å²) in [6.07, 6.45) is 4.12. The van der Waals surface area contributed by atoms with Gasteiger partial charge in [0.05, 0.1) is 11.8 Å². The van der Waals surface area contributed by atoms with Gasteiger partial charge in [-0.05, 0) is 43.0 Å². The minimum Gasteiger partial charge on any atom is -0.480 e. The zero-order chi connectivity index (χ0) is 27.1. The van der Waals surface area contributed by atoms with E-state index in [1.807, 2.05) is 97.1 Å². The van der Waals surface area contributed by atoms with Gasteiger partial charge in [-0.1, -0.05) is 97.1 Å². The fourth-order valence-corrected chi connectivity index (χ4v) is 5.87. The van der Waals surface area contributed by atoms with Crippen molar-refractivity contribution < 1.29 is 19.5 Å². The van der Waals surface area contributed by atoms with E-state index in [2.05, 4.69) is 5.32 Å². The van der Waals surface area contributed by atoms with E-state index in [1.165, 1.54) is 4.90 Å². The number of carbonyl (C=O) groups excluding carboxylic acids is 2. The monoisotopic (exact) mass is 508 g/mol. The molecule has 3 aromatic carbocycles. The molecule has 6 heteroatoms. The molecule has 2 N–H and O–H groups in total. The van der Waals surface area contributed by atoms with Crippen molar-refractivity contribution in [3.63, 3.8) is 0 Å². The normalized spacial score (nSPS) is 25.2. The zero-order valence-corrected chi connectivity index (χ0v) is 21.8. The molecule has 2 aliphatic rings. The summed E-state index contributed by atoms with van der Waals surface area (Å²) in [6.45, 7) is 5.42. The molecule has 4 unspecified atom stereocenters. The molecule has 0 radical (unpaired) electrons. The third-order valence-corrected chi connectivity index (χ3v) is 7.60. The van der Waals surface area contributed by atoms with Crippen LogP contribution in [-0.2, 0) is 20.8 Å². The van der Waals surface area contributed by atoms with Gasteiger partial charge in [-0.3, -0.25) is 24.6 Å². The minimum absolute atomic E-state index is 0.0930. The molecular formula is C32H32N2O4. The van der Waals surface area contributed by atoms with Crippen LogP contribution in [0.4, 0.5) is 0 Å². The van der Waals surface area contributed by atoms with Crippen molar-refractivity contribution in [3.05, 3.63) is 107 Å². The lowest BCUT2D eigenvalue weighted by atomic mass is 9.76. The number of nitrogens with one attached hydrogen (secondary N) is 1. The van der Waals surface area contributed by atoms with Gasteiger partial charge in [-0.25, -0.2) is 0 Å². The highest BCUT2D eigenvalue weighted by Crippen LogP contribution is 2.51. The summed E-state index contributed by atoms with van der Waals surface area (Å²) in [4.78, 5) is 41.8. The first-order valence-corrected chi connectivity index (χ1v) is 12.9. The van der Waals surface area contributed by atoms with Crippen LogP contribution in [0.15, 0.2) is 84.9 Å². The van der Waals surface area contributed by atoms with Crippen LogP contribution in [0, 0.1) is 11.8 Å². The Bertz CT molecular complexity index is 1380. The van der Waals surface area contributed by atoms with Gasteiger partial charge in [0.1, 0.15) is 5.54 Å². The second-order valence-electron chi connectivity index (χ2n) is 11.2. The number of nitrogens with zero attached hydrogens (tertiary/aromatic N) is 1. The smallest absolute Gasteiger partial charge is 0.325 e. The Kier molecular flexibility index (Phi) is 6.53. The van der Waals surface area contributed by atoms with Crippen molar-refractivity contribution in [1.29, 1.82) is 0 Å². The zero-order valence-electron chi connectivity index (χ0n) is 21.8. The van der Waals surface area contributed by atoms with Gasteiger partial charge in [0, 0.05) is 18.0 Å². The summed E-state index contributed by atoms with van der Waals surface area (Å²) >= 11 is 0. The first-order chi connectivity index (χ1) is 18.1. The average molecular weight is 509 g/mol. The van der Waals surface area contributed by atoms with E-state index < -0.39 is 40.8 Å². The molecule has 0 aliphatic carbocycles. The number of amides is 2. The quantitative estimate of drug-likeness (QED) is 0.363. The van der Waals surface area contributed by atoms with Crippen LogP contribution in [-0.4, -0.2) is 38.9 Å². The third kappa shape index (κ3) is 4.45. The molecule has 3 aromatic rings. The fraction of sp³-hybridized carbons (Fsp3) is 0.281. The van der Waals surface area contributed by atoms with Crippen molar-refractivity contribution in [2.45, 2.75) is 44.3 Å². The van der Waals surface area contributed by atoms with Gasteiger partial charge in [0.2, 0.25) is 11.8 Å². The Balaban J connectivity index is 1.54. The second kappa shape index (κ2) is 9.69. The molecule has 2 amide bonds. The van der Waals surface area contributed by atoms with Crippen LogP contribution in [0.3, 0.4) is 0 Å². The summed E-state index contributed by atoms with van der Waals surface area (Å²) in [6, 6.07) is 26.4. The van der Waals surface area contributed by atoms with Crippen LogP contribution in [0.5, 0.6) is 0 Å². The van der Waals surface area contributed by atoms with E-state index in [4.69, 9.17) is 0 Å². The van der Waals surface area contributed by atoms with Gasteiger partial charge >= 0.3 is 5.97 Å². The highest BCUT2D eigenvalue weighted by molar-refractivity contribution is 6.10. The number of likely N-dealkylation sites (tertiary alicyclic amines) is 1. The number of rotatable bonds is 6. The Hall–Kier alpha value is -4.03. The molecule has 2 heterocycles. The molecule has 5 rings (SSSR count). The summed E-state index contributed by atoms with van der Waals surface area (Å²) in [5, 5.41) is 13.9. The van der Waals surface area contributed by atoms with Crippen LogP contribution in [0.2, 0.25) is 0 Å². The average Bonchev–Trinajstić information content (AvgIpc) is 3.38. The SMILES string of the molecule is CC(C)(C)N1C(=O)C2C(c3ccc(/C=C/c4ccccc4)cc3)NC(Cc3ccccc3)(C(=O)O)C2C1=O. The molecule has 4 atom stereocenters. The number of carbonyl (C=O) groups is 3. The van der Waals surface area contributed by atoms with Crippen molar-refractivity contribution >= 4 is 29.9 Å². The van der Waals surface area contributed by atoms with E-state index in [0.717, 1.165) is 22.3 Å². The highest BCUT2D eigenvalue weighted by atomic mass is 16.4. The molecule has 194 valence electrons. The van der Waals surface area contributed by atoms with E-state index in [0.29, 0.717) is 0 Å². The summed E-state index contributed by atoms with van der Waals surface area (Å²) in [5.74, 6) is -3.71. The molecule has 38 heavy (non-hydrogen) atoms. The Morgan fingerprint density at radius 1 is 0.868 bits per heavy atom. The van der Waals surface area contributed by atoms with Crippen LogP contribution in [0.1, 0.15) is 49.1 Å². The first-order valence-electron chi connectivity index (χ1n) is 12.9. The molecule has 2 fully saturated rings. The number of aliphatic carboxylic acids is 1. The number of benzene rings is 3. The van der Waals surface area contributed by atoms with E-state index in [9.17, 15) is 19.5 Å². The summed E-state index contributed by atoms with van der Waals surface area (Å²) < 4.78 is 0. The maximum Gasteiger partial charge on any atom is 0.325 e. The number of fused-ring (bicyclic) bond motifs is 1. The largest absolute Gasteiger partial charge is 0.480 e. The predicted molar refractivity (Wildman–Crippen MR) is 147 cm³/mol. The lowest BCUT2D eigenvalue weighted by molar-refractivity contribution is -0.153. The molecule has 0 saturated carbocycles. The maximum atomic E-state index is 13.8. The van der Waals surface area contributed by atoms with Crippen molar-refractivity contribution in [2.24, 2.45) is 11.8 Å². The number of carboxylic acids is 1. The minimum atomic E-state index is -1.62. The second-order valence-corrected chi connectivity index (χ2v) is 11.2. The number of carboxylic acid groups (broad SMARTS) is 1. The van der Waals surface area contributed by atoms with Crippen molar-refractivity contribution in [2.75, 3.05) is 0 Å². The molecule has 0 spiro atoms. The number of imide groups is 1. The number of hydrogen-bond acceptors (Lipinski definition) is 4. The van der Waals surface area contributed by atoms with Gasteiger partial charge in [0.25, 0.3) is 0 Å². The topological polar surface area (TPSA) is 86.7 Å². The molecular weight excluding hydrogens is 476 g/mol. The maximum absolute atomic E-state index is 13.8. The van der Waals surface area contributed by atoms with E-state index >= 15 is 0 Å². The Morgan fingerprint density at radius 3 is 1.97 bits per heavy atom. The van der Waals surface area contributed by atoms with Crippen LogP contribution < -0.4 is 5.32 Å². The van der Waals surface area contributed by atoms with Crippen molar-refractivity contribution in [1.82, 2.24) is 10.2 Å². The van der Waals surface area contributed by atoms with Gasteiger partial charge in [-0.2, -0.15) is 0 Å². The number of hydrogen-bond donors (Lipinski definition) is 2.